The minimum Gasteiger partial charge on any atom is -0.311 e. The maximum Gasteiger partial charge on any atom is 0.0541 e. The first-order valence-corrected chi connectivity index (χ1v) is 9.57. The van der Waals surface area contributed by atoms with E-state index in [-0.39, 0.29) is 0 Å². The summed E-state index contributed by atoms with van der Waals surface area (Å²) in [6, 6.07) is 22.2. The van der Waals surface area contributed by atoms with E-state index in [1.165, 1.54) is 11.1 Å². The van der Waals surface area contributed by atoms with E-state index < -0.39 is 0 Å². The van der Waals surface area contributed by atoms with Crippen molar-refractivity contribution in [2.45, 2.75) is 25.3 Å². The SMILES string of the molecule is Clc1ccc(C(CCNCc2ccccn2)Cc2ccccc2Cl)cc1. The maximum absolute atomic E-state index is 6.38. The Labute approximate surface area is 165 Å². The summed E-state index contributed by atoms with van der Waals surface area (Å²) in [5.74, 6) is 0.378. The van der Waals surface area contributed by atoms with Crippen LogP contribution in [0, 0.1) is 0 Å². The largest absolute Gasteiger partial charge is 0.311 e. The van der Waals surface area contributed by atoms with Crippen molar-refractivity contribution in [3.05, 3.63) is 99.8 Å². The second kappa shape index (κ2) is 9.72. The first-order chi connectivity index (χ1) is 12.7. The molecular weight excluding hydrogens is 363 g/mol. The molecule has 3 aromatic rings. The van der Waals surface area contributed by atoms with Gasteiger partial charge in [-0.05, 0) is 66.8 Å². The van der Waals surface area contributed by atoms with Crippen LogP contribution in [-0.2, 0) is 13.0 Å². The molecule has 0 amide bonds. The summed E-state index contributed by atoms with van der Waals surface area (Å²) in [4.78, 5) is 4.35. The molecule has 2 aromatic carbocycles. The lowest BCUT2D eigenvalue weighted by atomic mass is 9.89. The van der Waals surface area contributed by atoms with Gasteiger partial charge in [0, 0.05) is 22.8 Å². The molecule has 0 spiro atoms. The number of nitrogens with one attached hydrogen (secondary N) is 1. The van der Waals surface area contributed by atoms with Crippen LogP contribution >= 0.6 is 23.2 Å². The van der Waals surface area contributed by atoms with Gasteiger partial charge in [-0.2, -0.15) is 0 Å². The Kier molecular flexibility index (Phi) is 7.07. The van der Waals surface area contributed by atoms with E-state index >= 15 is 0 Å². The molecule has 3 rings (SSSR count). The molecule has 4 heteroatoms. The molecule has 134 valence electrons. The first kappa shape index (κ1) is 18.9. The molecule has 0 radical (unpaired) electrons. The van der Waals surface area contributed by atoms with Crippen LogP contribution in [0.2, 0.25) is 10.0 Å². The third kappa shape index (κ3) is 5.57. The molecule has 0 saturated carbocycles. The number of nitrogens with zero attached hydrogens (tertiary/aromatic N) is 1. The number of hydrogen-bond acceptors (Lipinski definition) is 2. The molecule has 1 atom stereocenters. The van der Waals surface area contributed by atoms with Gasteiger partial charge in [-0.3, -0.25) is 4.98 Å². The fourth-order valence-corrected chi connectivity index (χ4v) is 3.39. The van der Waals surface area contributed by atoms with Gasteiger partial charge in [0.05, 0.1) is 5.69 Å². The van der Waals surface area contributed by atoms with Crippen molar-refractivity contribution in [3.63, 3.8) is 0 Å². The monoisotopic (exact) mass is 384 g/mol. The summed E-state index contributed by atoms with van der Waals surface area (Å²) in [6.45, 7) is 1.69. The van der Waals surface area contributed by atoms with E-state index in [2.05, 4.69) is 28.5 Å². The van der Waals surface area contributed by atoms with E-state index in [1.54, 1.807) is 0 Å². The Bertz CT molecular complexity index is 804. The number of hydrogen-bond donors (Lipinski definition) is 1. The zero-order valence-electron chi connectivity index (χ0n) is 14.5. The summed E-state index contributed by atoms with van der Waals surface area (Å²) in [5.41, 5.74) is 3.52. The third-order valence-corrected chi connectivity index (χ3v) is 5.09. The van der Waals surface area contributed by atoms with Gasteiger partial charge in [0.25, 0.3) is 0 Å². The number of rotatable bonds is 8. The Morgan fingerprint density at radius 1 is 0.885 bits per heavy atom. The van der Waals surface area contributed by atoms with Crippen LogP contribution in [0.25, 0.3) is 0 Å². The summed E-state index contributed by atoms with van der Waals surface area (Å²) in [6.07, 6.45) is 3.75. The van der Waals surface area contributed by atoms with Crippen molar-refractivity contribution in [1.82, 2.24) is 10.3 Å². The maximum atomic E-state index is 6.38. The normalized spacial score (nSPS) is 12.1. The van der Waals surface area contributed by atoms with E-state index in [4.69, 9.17) is 23.2 Å². The molecule has 1 heterocycles. The van der Waals surface area contributed by atoms with Crippen molar-refractivity contribution in [1.29, 1.82) is 0 Å². The van der Waals surface area contributed by atoms with Crippen LogP contribution in [0.15, 0.2) is 72.9 Å². The van der Waals surface area contributed by atoms with Gasteiger partial charge in [-0.1, -0.05) is 59.6 Å². The lowest BCUT2D eigenvalue weighted by Crippen LogP contribution is -2.18. The number of benzene rings is 2. The Morgan fingerprint density at radius 3 is 2.38 bits per heavy atom. The molecule has 0 saturated heterocycles. The van der Waals surface area contributed by atoms with Gasteiger partial charge in [0.1, 0.15) is 0 Å². The number of aromatic nitrogens is 1. The average molecular weight is 385 g/mol. The standard InChI is InChI=1S/C22H22Cl2N2/c23-20-10-8-17(9-11-20)18(15-19-5-1-2-7-22(19)24)12-14-25-16-21-6-3-4-13-26-21/h1-11,13,18,25H,12,14-16H2. The summed E-state index contributed by atoms with van der Waals surface area (Å²) in [7, 11) is 0. The zero-order chi connectivity index (χ0) is 18.2. The molecule has 0 aliphatic heterocycles. The summed E-state index contributed by atoms with van der Waals surface area (Å²) < 4.78 is 0. The quantitative estimate of drug-likeness (QED) is 0.489. The van der Waals surface area contributed by atoms with E-state index in [0.29, 0.717) is 5.92 Å². The van der Waals surface area contributed by atoms with Crippen LogP contribution in [-0.4, -0.2) is 11.5 Å². The first-order valence-electron chi connectivity index (χ1n) is 8.82. The highest BCUT2D eigenvalue weighted by molar-refractivity contribution is 6.31. The summed E-state index contributed by atoms with van der Waals surface area (Å²) in [5, 5.41) is 5.08. The predicted molar refractivity (Wildman–Crippen MR) is 110 cm³/mol. The van der Waals surface area contributed by atoms with Crippen molar-refractivity contribution >= 4 is 23.2 Å². The fourth-order valence-electron chi connectivity index (χ4n) is 3.05. The average Bonchev–Trinajstić information content (AvgIpc) is 2.67. The molecule has 2 nitrogen and oxygen atoms in total. The molecular formula is C22H22Cl2N2. The molecule has 0 fully saturated rings. The van der Waals surface area contributed by atoms with Crippen LogP contribution in [0.4, 0.5) is 0 Å². The predicted octanol–water partition coefficient (Wildman–Crippen LogP) is 5.89. The molecule has 0 aliphatic carbocycles. The van der Waals surface area contributed by atoms with Gasteiger partial charge < -0.3 is 5.32 Å². The Hall–Kier alpha value is -1.87. The Balaban J connectivity index is 1.64. The smallest absolute Gasteiger partial charge is 0.0541 e. The fraction of sp³-hybridized carbons (Fsp3) is 0.227. The molecule has 26 heavy (non-hydrogen) atoms. The second-order valence-electron chi connectivity index (χ2n) is 6.33. The van der Waals surface area contributed by atoms with Crippen molar-refractivity contribution in [2.75, 3.05) is 6.54 Å². The lowest BCUT2D eigenvalue weighted by Gasteiger charge is -2.19. The Morgan fingerprint density at radius 2 is 1.65 bits per heavy atom. The van der Waals surface area contributed by atoms with Gasteiger partial charge >= 0.3 is 0 Å². The number of pyridine rings is 1. The lowest BCUT2D eigenvalue weighted by molar-refractivity contribution is 0.560. The highest BCUT2D eigenvalue weighted by Crippen LogP contribution is 2.28. The van der Waals surface area contributed by atoms with Gasteiger partial charge in [-0.15, -0.1) is 0 Å². The van der Waals surface area contributed by atoms with Crippen molar-refractivity contribution < 1.29 is 0 Å². The van der Waals surface area contributed by atoms with Crippen LogP contribution < -0.4 is 5.32 Å². The van der Waals surface area contributed by atoms with E-state index in [0.717, 1.165) is 41.7 Å². The highest BCUT2D eigenvalue weighted by atomic mass is 35.5. The molecule has 0 aliphatic rings. The van der Waals surface area contributed by atoms with Gasteiger partial charge in [0.2, 0.25) is 0 Å². The summed E-state index contributed by atoms with van der Waals surface area (Å²) >= 11 is 12.4. The zero-order valence-corrected chi connectivity index (χ0v) is 16.0. The van der Waals surface area contributed by atoms with Crippen LogP contribution in [0.5, 0.6) is 0 Å². The topological polar surface area (TPSA) is 24.9 Å². The van der Waals surface area contributed by atoms with Crippen LogP contribution in [0.3, 0.4) is 0 Å². The van der Waals surface area contributed by atoms with Crippen molar-refractivity contribution in [2.24, 2.45) is 0 Å². The minimum absolute atomic E-state index is 0.378. The second-order valence-corrected chi connectivity index (χ2v) is 7.17. The molecule has 1 N–H and O–H groups in total. The van der Waals surface area contributed by atoms with E-state index in [1.807, 2.05) is 54.7 Å². The van der Waals surface area contributed by atoms with Gasteiger partial charge in [-0.25, -0.2) is 0 Å². The molecule has 1 unspecified atom stereocenters. The minimum atomic E-state index is 0.378. The molecule has 0 bridgehead atoms. The van der Waals surface area contributed by atoms with Crippen molar-refractivity contribution in [3.8, 4) is 0 Å². The third-order valence-electron chi connectivity index (χ3n) is 4.47. The molecule has 1 aromatic heterocycles. The van der Waals surface area contributed by atoms with E-state index in [9.17, 15) is 0 Å². The van der Waals surface area contributed by atoms with Gasteiger partial charge in [0.15, 0.2) is 0 Å². The van der Waals surface area contributed by atoms with Crippen LogP contribution in [0.1, 0.15) is 29.2 Å². The highest BCUT2D eigenvalue weighted by Gasteiger charge is 2.14. The number of halogens is 2.